The van der Waals surface area contributed by atoms with Gasteiger partial charge in [0.25, 0.3) is 0 Å². The minimum atomic E-state index is -0.162. The largest absolute Gasteiger partial charge is 0.305 e. The van der Waals surface area contributed by atoms with Gasteiger partial charge in [-0.05, 0) is 18.9 Å². The minimum absolute atomic E-state index is 0.162. The van der Waals surface area contributed by atoms with E-state index in [4.69, 9.17) is 34.8 Å². The van der Waals surface area contributed by atoms with E-state index in [2.05, 4.69) is 12.2 Å². The molecule has 1 nitrogen and oxygen atoms in total. The lowest BCUT2D eigenvalue weighted by molar-refractivity contribution is 0.402. The van der Waals surface area contributed by atoms with E-state index in [-0.39, 0.29) is 5.54 Å². The Balaban J connectivity index is 4.10. The maximum absolute atomic E-state index is 5.85. The van der Waals surface area contributed by atoms with E-state index in [0.717, 1.165) is 18.5 Å². The van der Waals surface area contributed by atoms with Gasteiger partial charge in [0, 0.05) is 29.4 Å². The molecule has 0 rings (SSSR count). The van der Waals surface area contributed by atoms with Crippen molar-refractivity contribution in [2.24, 2.45) is 0 Å². The number of nitrogens with one attached hydrogen (secondary N) is 1. The Morgan fingerprint density at radius 2 is 1.92 bits per heavy atom. The van der Waals surface area contributed by atoms with E-state index in [1.54, 1.807) is 5.54 Å². The van der Waals surface area contributed by atoms with Gasteiger partial charge in [-0.2, -0.15) is 0 Å². The summed E-state index contributed by atoms with van der Waals surface area (Å²) in [6, 6.07) is 0. The highest BCUT2D eigenvalue weighted by Crippen LogP contribution is 2.15. The first-order valence-corrected chi connectivity index (χ1v) is 5.77. The number of halogens is 3. The van der Waals surface area contributed by atoms with Gasteiger partial charge >= 0.3 is 0 Å². The molecule has 0 aliphatic heterocycles. The number of rotatable bonds is 6. The van der Waals surface area contributed by atoms with E-state index in [1.165, 1.54) is 0 Å². The summed E-state index contributed by atoms with van der Waals surface area (Å²) in [4.78, 5) is 0. The Kier molecular flexibility index (Phi) is 7.25. The van der Waals surface area contributed by atoms with Crippen LogP contribution in [0.4, 0.5) is 0 Å². The van der Waals surface area contributed by atoms with Crippen LogP contribution in [0.2, 0.25) is 0 Å². The Bertz CT molecular complexity index is 156. The van der Waals surface area contributed by atoms with E-state index >= 15 is 0 Å². The molecule has 78 valence electrons. The molecule has 1 N–H and O–H groups in total. The smallest absolute Gasteiger partial charge is 0.0453 e. The number of alkyl halides is 2. The van der Waals surface area contributed by atoms with Crippen molar-refractivity contribution in [1.82, 2.24) is 5.32 Å². The molecular formula is C9H16Cl3N. The fraction of sp³-hybridized carbons (Fsp3) is 0.778. The molecule has 0 bridgehead atoms. The molecule has 0 aromatic heterocycles. The Morgan fingerprint density at radius 1 is 1.38 bits per heavy atom. The van der Waals surface area contributed by atoms with Gasteiger partial charge in [0.2, 0.25) is 0 Å². The highest BCUT2D eigenvalue weighted by atomic mass is 35.5. The van der Waals surface area contributed by atoms with Gasteiger partial charge < -0.3 is 5.32 Å². The molecule has 0 heterocycles. The first-order valence-electron chi connectivity index (χ1n) is 4.27. The quantitative estimate of drug-likeness (QED) is 0.707. The molecule has 0 amide bonds. The predicted octanol–water partition coefficient (Wildman–Crippen LogP) is 3.35. The van der Waals surface area contributed by atoms with Gasteiger partial charge in [-0.3, -0.25) is 0 Å². The zero-order chi connectivity index (χ0) is 10.3. The van der Waals surface area contributed by atoms with E-state index in [1.807, 2.05) is 6.92 Å². The van der Waals surface area contributed by atoms with Crippen LogP contribution in [-0.4, -0.2) is 23.8 Å². The highest BCUT2D eigenvalue weighted by Gasteiger charge is 2.24. The van der Waals surface area contributed by atoms with Crippen LogP contribution < -0.4 is 5.32 Å². The molecule has 0 aliphatic carbocycles. The van der Waals surface area contributed by atoms with Crippen LogP contribution in [0.1, 0.15) is 20.3 Å². The lowest BCUT2D eigenvalue weighted by atomic mass is 10.0. The summed E-state index contributed by atoms with van der Waals surface area (Å²) >= 11 is 17.2. The lowest BCUT2D eigenvalue weighted by Crippen LogP contribution is -2.48. The third-order valence-corrected chi connectivity index (χ3v) is 3.51. The second kappa shape index (κ2) is 6.94. The molecule has 0 aromatic rings. The maximum Gasteiger partial charge on any atom is 0.0453 e. The third-order valence-electron chi connectivity index (χ3n) is 2.12. The molecule has 0 radical (unpaired) electrons. The lowest BCUT2D eigenvalue weighted by Gasteiger charge is -2.29. The SMILES string of the molecule is CCC(CCl)(CCl)NCC(C)=CCl. The third kappa shape index (κ3) is 4.55. The van der Waals surface area contributed by atoms with Crippen LogP contribution in [0.3, 0.4) is 0 Å². The van der Waals surface area contributed by atoms with Crippen LogP contribution in [-0.2, 0) is 0 Å². The monoisotopic (exact) mass is 243 g/mol. The van der Waals surface area contributed by atoms with E-state index < -0.39 is 0 Å². The summed E-state index contributed by atoms with van der Waals surface area (Å²) in [5.41, 5.74) is 2.48. The molecule has 0 saturated heterocycles. The minimum Gasteiger partial charge on any atom is -0.305 e. The molecule has 4 heteroatoms. The Morgan fingerprint density at radius 3 is 2.23 bits per heavy atom. The average Bonchev–Trinajstić information content (AvgIpc) is 2.20. The topological polar surface area (TPSA) is 12.0 Å². The van der Waals surface area contributed by atoms with Crippen molar-refractivity contribution in [2.75, 3.05) is 18.3 Å². The average molecular weight is 245 g/mol. The first-order chi connectivity index (χ1) is 6.14. The first kappa shape index (κ1) is 13.6. The summed E-state index contributed by atoms with van der Waals surface area (Å²) in [6.07, 6.45) is 0.912. The summed E-state index contributed by atoms with van der Waals surface area (Å²) in [7, 11) is 0. The fourth-order valence-electron chi connectivity index (χ4n) is 0.810. The van der Waals surface area contributed by atoms with Crippen molar-refractivity contribution in [2.45, 2.75) is 25.8 Å². The summed E-state index contributed by atoms with van der Waals surface area (Å²) < 4.78 is 0. The molecule has 0 aliphatic rings. The molecule has 0 spiro atoms. The van der Waals surface area contributed by atoms with Crippen LogP contribution in [0.25, 0.3) is 0 Å². The molecule has 13 heavy (non-hydrogen) atoms. The predicted molar refractivity (Wildman–Crippen MR) is 62.1 cm³/mol. The van der Waals surface area contributed by atoms with Crippen LogP contribution in [0.15, 0.2) is 11.1 Å². The summed E-state index contributed by atoms with van der Waals surface area (Å²) in [5, 5.41) is 3.32. The van der Waals surface area contributed by atoms with Crippen LogP contribution >= 0.6 is 34.8 Å². The van der Waals surface area contributed by atoms with Crippen LogP contribution in [0, 0.1) is 0 Å². The molecular weight excluding hydrogens is 228 g/mol. The van der Waals surface area contributed by atoms with Gasteiger partial charge in [0.15, 0.2) is 0 Å². The highest BCUT2D eigenvalue weighted by molar-refractivity contribution is 6.25. The molecule has 0 saturated carbocycles. The van der Waals surface area contributed by atoms with Crippen LogP contribution in [0.5, 0.6) is 0 Å². The van der Waals surface area contributed by atoms with Gasteiger partial charge in [-0.25, -0.2) is 0 Å². The maximum atomic E-state index is 5.85. The number of hydrogen-bond donors (Lipinski definition) is 1. The van der Waals surface area contributed by atoms with E-state index in [9.17, 15) is 0 Å². The van der Waals surface area contributed by atoms with Gasteiger partial charge in [-0.1, -0.05) is 18.5 Å². The Hall–Kier alpha value is 0.570. The number of hydrogen-bond acceptors (Lipinski definition) is 1. The van der Waals surface area contributed by atoms with Gasteiger partial charge in [0.1, 0.15) is 0 Å². The van der Waals surface area contributed by atoms with Gasteiger partial charge in [0.05, 0.1) is 0 Å². The normalized spacial score (nSPS) is 13.5. The standard InChI is InChI=1S/C9H16Cl3N/c1-3-9(6-11,7-12)13-5-8(2)4-10/h4,13H,3,5-7H2,1-2H3. The molecule has 0 fully saturated rings. The molecule has 0 aromatic carbocycles. The van der Waals surface area contributed by atoms with E-state index in [0.29, 0.717) is 11.8 Å². The Labute approximate surface area is 95.4 Å². The van der Waals surface area contributed by atoms with Gasteiger partial charge in [-0.15, -0.1) is 23.2 Å². The summed E-state index contributed by atoms with van der Waals surface area (Å²) in [6.45, 7) is 4.76. The van der Waals surface area contributed by atoms with Crippen molar-refractivity contribution in [3.63, 3.8) is 0 Å². The fourth-order valence-corrected chi connectivity index (χ4v) is 1.74. The van der Waals surface area contributed by atoms with Crippen molar-refractivity contribution in [3.05, 3.63) is 11.1 Å². The second-order valence-electron chi connectivity index (χ2n) is 3.21. The van der Waals surface area contributed by atoms with Crippen molar-refractivity contribution >= 4 is 34.8 Å². The van der Waals surface area contributed by atoms with Crippen molar-refractivity contribution in [1.29, 1.82) is 0 Å². The van der Waals surface area contributed by atoms with Crippen molar-refractivity contribution in [3.8, 4) is 0 Å². The molecule has 0 atom stereocenters. The second-order valence-corrected chi connectivity index (χ2v) is 3.96. The zero-order valence-electron chi connectivity index (χ0n) is 8.04. The van der Waals surface area contributed by atoms with Crippen molar-refractivity contribution < 1.29 is 0 Å². The summed E-state index contributed by atoms with van der Waals surface area (Å²) in [5.74, 6) is 1.03. The zero-order valence-corrected chi connectivity index (χ0v) is 10.3. The molecule has 0 unspecified atom stereocenters.